The zero-order chi connectivity index (χ0) is 26.8. The number of aryl methyl sites for hydroxylation is 1. The molecule has 3 N–H and O–H groups in total. The van der Waals surface area contributed by atoms with Gasteiger partial charge >= 0.3 is 0 Å². The van der Waals surface area contributed by atoms with Gasteiger partial charge in [-0.2, -0.15) is 0 Å². The van der Waals surface area contributed by atoms with Gasteiger partial charge in [-0.15, -0.1) is 0 Å². The number of carbonyl (C=O) groups is 1. The van der Waals surface area contributed by atoms with Gasteiger partial charge in [0.2, 0.25) is 5.91 Å². The maximum absolute atomic E-state index is 13.8. The Balaban J connectivity index is 1.61. The van der Waals surface area contributed by atoms with Crippen molar-refractivity contribution in [1.29, 1.82) is 0 Å². The van der Waals surface area contributed by atoms with Crippen LogP contribution in [-0.2, 0) is 35.0 Å². The van der Waals surface area contributed by atoms with Crippen molar-refractivity contribution in [3.8, 4) is 0 Å². The Hall–Kier alpha value is -3.10. The molecule has 0 saturated heterocycles. The van der Waals surface area contributed by atoms with E-state index >= 15 is 0 Å². The molecular weight excluding hydrogens is 476 g/mol. The summed E-state index contributed by atoms with van der Waals surface area (Å²) in [5, 5.41) is 21.5. The molecule has 198 valence electrons. The fourth-order valence-corrected chi connectivity index (χ4v) is 5.17. The van der Waals surface area contributed by atoms with Crippen molar-refractivity contribution in [1.82, 2.24) is 15.8 Å². The number of fused-ring (bicyclic) bond motifs is 1. The lowest BCUT2D eigenvalue weighted by Gasteiger charge is -2.40. The van der Waals surface area contributed by atoms with Gasteiger partial charge in [0, 0.05) is 30.8 Å². The highest BCUT2D eigenvalue weighted by molar-refractivity contribution is 5.79. The number of aromatic nitrogens is 1. The minimum absolute atomic E-state index is 0.000488. The lowest BCUT2D eigenvalue weighted by Crippen LogP contribution is -2.52. The maximum Gasteiger partial charge on any atom is 0.225 e. The summed E-state index contributed by atoms with van der Waals surface area (Å²) in [6.45, 7) is 6.60. The molecule has 1 aromatic heterocycles. The molecule has 1 aliphatic rings. The van der Waals surface area contributed by atoms with E-state index in [1.165, 1.54) is 24.7 Å². The maximum atomic E-state index is 13.8. The average molecular weight is 512 g/mol. The number of aliphatic hydroxyl groups excluding tert-OH is 1. The number of benzene rings is 2. The molecule has 0 spiro atoms. The van der Waals surface area contributed by atoms with Gasteiger partial charge in [-0.1, -0.05) is 50.2 Å². The Morgan fingerprint density at radius 2 is 1.92 bits per heavy atom. The predicted octanol–water partition coefficient (Wildman–Crippen LogP) is 4.19. The zero-order valence-corrected chi connectivity index (χ0v) is 21.8. The molecule has 3 unspecified atom stereocenters. The number of hydrogen-bond acceptors (Lipinski definition) is 5. The van der Waals surface area contributed by atoms with E-state index in [9.17, 15) is 18.7 Å². The summed E-state index contributed by atoms with van der Waals surface area (Å²) < 4.78 is 32.8. The molecule has 37 heavy (non-hydrogen) atoms. The lowest BCUT2D eigenvalue weighted by molar-refractivity contribution is -0.128. The Morgan fingerprint density at radius 3 is 2.59 bits per heavy atom. The minimum Gasteiger partial charge on any atom is -0.391 e. The molecule has 6 nitrogen and oxygen atoms in total. The Kier molecular flexibility index (Phi) is 7.80. The number of nitrogens with zero attached hydrogens (tertiary/aromatic N) is 1. The van der Waals surface area contributed by atoms with Gasteiger partial charge in [0.15, 0.2) is 0 Å². The van der Waals surface area contributed by atoms with E-state index in [4.69, 9.17) is 4.52 Å². The van der Waals surface area contributed by atoms with E-state index in [0.717, 1.165) is 29.3 Å². The van der Waals surface area contributed by atoms with Crippen molar-refractivity contribution in [2.75, 3.05) is 13.6 Å². The van der Waals surface area contributed by atoms with E-state index in [0.29, 0.717) is 18.4 Å². The molecule has 4 rings (SSSR count). The Bertz CT molecular complexity index is 1230. The lowest BCUT2D eigenvalue weighted by atomic mass is 9.74. The molecule has 1 aliphatic carbocycles. The standard InChI is InChI=1S/C29H35F2N3O3/c1-28(2,3)20-6-5-7-21(13-20)29(9-8-25-19(15-29)17-37-34-25)33-16-26(35)24(27(36)32-4)12-18-10-22(30)14-23(31)11-18/h5-7,10-11,13-14,17,24,26,33,35H,8-9,12,15-16H2,1-4H3,(H,32,36). The van der Waals surface area contributed by atoms with Crippen LogP contribution >= 0.6 is 0 Å². The third-order valence-electron chi connectivity index (χ3n) is 7.37. The van der Waals surface area contributed by atoms with Crippen LogP contribution in [0.4, 0.5) is 8.78 Å². The van der Waals surface area contributed by atoms with Crippen molar-refractivity contribution in [3.63, 3.8) is 0 Å². The summed E-state index contributed by atoms with van der Waals surface area (Å²) >= 11 is 0. The SMILES string of the molecule is CNC(=O)C(Cc1cc(F)cc(F)c1)C(O)CNC1(c2cccc(C(C)(C)C)c2)CCc2nocc2C1. The van der Waals surface area contributed by atoms with Crippen LogP contribution in [0.15, 0.2) is 53.3 Å². The van der Waals surface area contributed by atoms with Gasteiger partial charge in [-0.25, -0.2) is 8.78 Å². The van der Waals surface area contributed by atoms with Crippen molar-refractivity contribution in [2.24, 2.45) is 5.92 Å². The summed E-state index contributed by atoms with van der Waals surface area (Å²) in [7, 11) is 1.48. The number of amides is 1. The predicted molar refractivity (Wildman–Crippen MR) is 137 cm³/mol. The van der Waals surface area contributed by atoms with Crippen LogP contribution < -0.4 is 10.6 Å². The number of nitrogens with one attached hydrogen (secondary N) is 2. The molecule has 0 saturated carbocycles. The largest absolute Gasteiger partial charge is 0.391 e. The van der Waals surface area contributed by atoms with Crippen molar-refractivity contribution < 1.29 is 23.2 Å². The fraction of sp³-hybridized carbons (Fsp3) is 0.448. The Labute approximate surface area is 216 Å². The van der Waals surface area contributed by atoms with Gasteiger partial charge in [0.05, 0.1) is 17.7 Å². The molecule has 0 fully saturated rings. The summed E-state index contributed by atoms with van der Waals surface area (Å²) in [6.07, 6.45) is 2.62. The fourth-order valence-electron chi connectivity index (χ4n) is 5.17. The number of aliphatic hydroxyl groups is 1. The summed E-state index contributed by atoms with van der Waals surface area (Å²) in [5.41, 5.74) is 3.97. The van der Waals surface area contributed by atoms with E-state index in [1.807, 2.05) is 6.07 Å². The molecule has 0 bridgehead atoms. The van der Waals surface area contributed by atoms with Crippen LogP contribution in [0.2, 0.25) is 0 Å². The molecule has 3 atom stereocenters. The van der Waals surface area contributed by atoms with E-state index in [-0.39, 0.29) is 18.4 Å². The van der Waals surface area contributed by atoms with Crippen LogP contribution in [0.25, 0.3) is 0 Å². The van der Waals surface area contributed by atoms with Gasteiger partial charge in [0.1, 0.15) is 17.9 Å². The first kappa shape index (κ1) is 26.9. The topological polar surface area (TPSA) is 87.4 Å². The first-order valence-electron chi connectivity index (χ1n) is 12.6. The molecule has 8 heteroatoms. The number of rotatable bonds is 8. The first-order valence-corrected chi connectivity index (χ1v) is 12.6. The zero-order valence-electron chi connectivity index (χ0n) is 21.8. The number of halogens is 2. The van der Waals surface area contributed by atoms with Crippen molar-refractivity contribution in [3.05, 3.63) is 88.3 Å². The minimum atomic E-state index is -1.10. The second-order valence-electron chi connectivity index (χ2n) is 11.0. The molecule has 0 aliphatic heterocycles. The average Bonchev–Trinajstić information content (AvgIpc) is 3.32. The highest BCUT2D eigenvalue weighted by atomic mass is 19.1. The first-order chi connectivity index (χ1) is 17.5. The molecule has 2 aromatic carbocycles. The smallest absolute Gasteiger partial charge is 0.225 e. The second kappa shape index (κ2) is 10.7. The molecule has 0 radical (unpaired) electrons. The summed E-state index contributed by atoms with van der Waals surface area (Å²) in [6, 6.07) is 11.6. The van der Waals surface area contributed by atoms with Gasteiger partial charge in [0.25, 0.3) is 0 Å². The van der Waals surface area contributed by atoms with E-state index in [1.54, 1.807) is 6.26 Å². The van der Waals surface area contributed by atoms with E-state index < -0.39 is 35.1 Å². The highest BCUT2D eigenvalue weighted by Crippen LogP contribution is 2.38. The number of carbonyl (C=O) groups excluding carboxylic acids is 1. The monoisotopic (exact) mass is 511 g/mol. The third-order valence-corrected chi connectivity index (χ3v) is 7.37. The third kappa shape index (κ3) is 6.08. The van der Waals surface area contributed by atoms with Gasteiger partial charge in [-0.05, 0) is 59.9 Å². The molecular formula is C29H35F2N3O3. The molecule has 1 amide bonds. The van der Waals surface area contributed by atoms with Gasteiger partial charge in [-0.3, -0.25) is 4.79 Å². The van der Waals surface area contributed by atoms with Crippen LogP contribution in [-0.4, -0.2) is 35.9 Å². The number of hydrogen-bond donors (Lipinski definition) is 3. The second-order valence-corrected chi connectivity index (χ2v) is 11.0. The van der Waals surface area contributed by atoms with E-state index in [2.05, 4.69) is 54.8 Å². The highest BCUT2D eigenvalue weighted by Gasteiger charge is 2.39. The van der Waals surface area contributed by atoms with Gasteiger partial charge < -0.3 is 20.3 Å². The van der Waals surface area contributed by atoms with Crippen LogP contribution in [0.5, 0.6) is 0 Å². The summed E-state index contributed by atoms with van der Waals surface area (Å²) in [5.74, 6) is -2.73. The Morgan fingerprint density at radius 1 is 1.19 bits per heavy atom. The van der Waals surface area contributed by atoms with Crippen molar-refractivity contribution in [2.45, 2.75) is 63.5 Å². The van der Waals surface area contributed by atoms with Crippen LogP contribution in [0.1, 0.15) is 55.1 Å². The van der Waals surface area contributed by atoms with Crippen molar-refractivity contribution >= 4 is 5.91 Å². The van der Waals surface area contributed by atoms with Crippen LogP contribution in [0, 0.1) is 17.6 Å². The molecule has 1 heterocycles. The normalized spacial score (nSPS) is 19.2. The van der Waals surface area contributed by atoms with Crippen LogP contribution in [0.3, 0.4) is 0 Å². The summed E-state index contributed by atoms with van der Waals surface area (Å²) in [4.78, 5) is 12.7. The quantitative estimate of drug-likeness (QED) is 0.422. The molecule has 3 aromatic rings.